The number of nitrogens with zero attached hydrogens (tertiary/aromatic N) is 2. The number of halogens is 1. The Morgan fingerprint density at radius 2 is 1.85 bits per heavy atom. The van der Waals surface area contributed by atoms with Crippen molar-refractivity contribution in [2.24, 2.45) is 5.92 Å². The van der Waals surface area contributed by atoms with Crippen LogP contribution < -0.4 is 10.6 Å². The van der Waals surface area contributed by atoms with Gasteiger partial charge >= 0.3 is 0 Å². The maximum atomic E-state index is 12.1. The first kappa shape index (κ1) is 18.2. The number of aromatic nitrogens is 2. The monoisotopic (exact) mass is 388 g/mol. The van der Waals surface area contributed by atoms with Gasteiger partial charge in [-0.1, -0.05) is 25.4 Å². The highest BCUT2D eigenvalue weighted by Gasteiger charge is 2.09. The predicted molar refractivity (Wildman–Crippen MR) is 106 cm³/mol. The molecule has 0 aliphatic carbocycles. The van der Waals surface area contributed by atoms with E-state index in [4.69, 9.17) is 11.6 Å². The van der Waals surface area contributed by atoms with Crippen molar-refractivity contribution >= 4 is 57.2 Å². The van der Waals surface area contributed by atoms with Gasteiger partial charge in [-0.3, -0.25) is 14.0 Å². The van der Waals surface area contributed by atoms with Crippen LogP contribution in [0.3, 0.4) is 0 Å². The zero-order chi connectivity index (χ0) is 18.7. The summed E-state index contributed by atoms with van der Waals surface area (Å²) < 4.78 is 1.82. The molecule has 0 unspecified atom stereocenters. The van der Waals surface area contributed by atoms with E-state index in [0.29, 0.717) is 22.2 Å². The Kier molecular flexibility index (Phi) is 5.39. The minimum Gasteiger partial charge on any atom is -0.326 e. The predicted octanol–water partition coefficient (Wildman–Crippen LogP) is 4.30. The van der Waals surface area contributed by atoms with Crippen molar-refractivity contribution in [3.63, 3.8) is 0 Å². The number of benzene rings is 1. The van der Waals surface area contributed by atoms with Crippen LogP contribution in [0.15, 0.2) is 41.9 Å². The van der Waals surface area contributed by atoms with Crippen LogP contribution in [0.4, 0.5) is 11.4 Å². The summed E-state index contributed by atoms with van der Waals surface area (Å²) in [4.78, 5) is 28.8. The summed E-state index contributed by atoms with van der Waals surface area (Å²) in [5.74, 6) is -0.433. The van der Waals surface area contributed by atoms with Gasteiger partial charge in [-0.2, -0.15) is 0 Å². The zero-order valence-electron chi connectivity index (χ0n) is 14.2. The van der Waals surface area contributed by atoms with Crippen LogP contribution in [0.1, 0.15) is 19.5 Å². The Morgan fingerprint density at radius 3 is 2.50 bits per heavy atom. The number of hydrogen-bond acceptors (Lipinski definition) is 4. The summed E-state index contributed by atoms with van der Waals surface area (Å²) in [5.41, 5.74) is 1.97. The summed E-state index contributed by atoms with van der Waals surface area (Å²) >= 11 is 7.56. The zero-order valence-corrected chi connectivity index (χ0v) is 15.8. The molecule has 6 nitrogen and oxygen atoms in total. The van der Waals surface area contributed by atoms with E-state index in [1.807, 2.05) is 29.8 Å². The maximum Gasteiger partial charge on any atom is 0.248 e. The average molecular weight is 389 g/mol. The molecule has 0 saturated heterocycles. The summed E-state index contributed by atoms with van der Waals surface area (Å²) in [6.45, 7) is 3.65. The molecule has 2 aromatic heterocycles. The molecule has 134 valence electrons. The first-order valence-corrected chi connectivity index (χ1v) is 9.21. The second kappa shape index (κ2) is 7.72. The molecule has 8 heteroatoms. The molecule has 0 aliphatic heterocycles. The van der Waals surface area contributed by atoms with Crippen LogP contribution in [-0.4, -0.2) is 21.2 Å². The van der Waals surface area contributed by atoms with E-state index < -0.39 is 0 Å². The van der Waals surface area contributed by atoms with E-state index in [2.05, 4.69) is 15.6 Å². The molecule has 0 bridgehead atoms. The van der Waals surface area contributed by atoms with Crippen LogP contribution in [0.2, 0.25) is 5.15 Å². The number of carbonyl (C=O) groups is 2. The Morgan fingerprint density at radius 1 is 1.19 bits per heavy atom. The lowest BCUT2D eigenvalue weighted by atomic mass is 10.2. The molecule has 1 aromatic carbocycles. The van der Waals surface area contributed by atoms with Crippen molar-refractivity contribution in [3.8, 4) is 0 Å². The molecule has 0 aliphatic rings. The summed E-state index contributed by atoms with van der Waals surface area (Å²) in [5, 5.41) is 7.81. The molecule has 0 spiro atoms. The molecule has 3 rings (SSSR count). The van der Waals surface area contributed by atoms with E-state index >= 15 is 0 Å². The largest absolute Gasteiger partial charge is 0.326 e. The molecule has 2 amide bonds. The SMILES string of the molecule is CC(C)C(=O)Nc1ccc(NC(=O)/C=C/c2c(Cl)nc3sccn23)cc1. The Balaban J connectivity index is 1.64. The third-order valence-electron chi connectivity index (χ3n) is 3.59. The van der Waals surface area contributed by atoms with Crippen molar-refractivity contribution in [2.45, 2.75) is 13.8 Å². The number of amides is 2. The van der Waals surface area contributed by atoms with Crippen molar-refractivity contribution < 1.29 is 9.59 Å². The maximum absolute atomic E-state index is 12.1. The van der Waals surface area contributed by atoms with Gasteiger partial charge in [0.15, 0.2) is 10.1 Å². The highest BCUT2D eigenvalue weighted by Crippen LogP contribution is 2.22. The van der Waals surface area contributed by atoms with Gasteiger partial charge in [0.1, 0.15) is 0 Å². The van der Waals surface area contributed by atoms with Crippen LogP contribution in [-0.2, 0) is 9.59 Å². The Bertz CT molecular complexity index is 973. The molecule has 0 saturated carbocycles. The molecule has 2 heterocycles. The second-order valence-electron chi connectivity index (χ2n) is 5.89. The van der Waals surface area contributed by atoms with Gasteiger partial charge in [0, 0.05) is 34.9 Å². The number of anilines is 2. The third-order valence-corrected chi connectivity index (χ3v) is 4.63. The summed E-state index contributed by atoms with van der Waals surface area (Å²) in [6.07, 6.45) is 4.88. The van der Waals surface area contributed by atoms with Gasteiger partial charge in [-0.25, -0.2) is 4.98 Å². The topological polar surface area (TPSA) is 75.5 Å². The van der Waals surface area contributed by atoms with Crippen LogP contribution >= 0.6 is 22.9 Å². The van der Waals surface area contributed by atoms with Crippen LogP contribution in [0.25, 0.3) is 11.0 Å². The number of nitrogens with one attached hydrogen (secondary N) is 2. The summed E-state index contributed by atoms with van der Waals surface area (Å²) in [6, 6.07) is 6.93. The molecular weight excluding hydrogens is 372 g/mol. The highest BCUT2D eigenvalue weighted by molar-refractivity contribution is 7.15. The minimum atomic E-state index is -0.287. The van der Waals surface area contributed by atoms with Crippen LogP contribution in [0, 0.1) is 5.92 Å². The standard InChI is InChI=1S/C18H17ClN4O2S/c1-11(2)17(25)21-13-5-3-12(4-6-13)20-15(24)8-7-14-16(19)22-18-23(14)9-10-26-18/h3-11H,1-2H3,(H,20,24)(H,21,25)/b8-7+. The number of rotatable bonds is 5. The molecule has 0 fully saturated rings. The van der Waals surface area contributed by atoms with Crippen molar-refractivity contribution in [1.82, 2.24) is 9.38 Å². The lowest BCUT2D eigenvalue weighted by Crippen LogP contribution is -2.17. The first-order valence-electron chi connectivity index (χ1n) is 7.95. The minimum absolute atomic E-state index is 0.0536. The Labute approximate surface area is 159 Å². The van der Waals surface area contributed by atoms with E-state index in [0.717, 1.165) is 4.96 Å². The smallest absolute Gasteiger partial charge is 0.248 e. The molecular formula is C18H17ClN4O2S. The quantitative estimate of drug-likeness (QED) is 0.640. The van der Waals surface area contributed by atoms with E-state index in [1.165, 1.54) is 17.4 Å². The number of carbonyl (C=O) groups excluding carboxylic acids is 2. The van der Waals surface area contributed by atoms with E-state index in [-0.39, 0.29) is 17.7 Å². The van der Waals surface area contributed by atoms with Crippen molar-refractivity contribution in [2.75, 3.05) is 10.6 Å². The fraction of sp³-hybridized carbons (Fsp3) is 0.167. The van der Waals surface area contributed by atoms with E-state index in [1.54, 1.807) is 30.3 Å². The van der Waals surface area contributed by atoms with Crippen molar-refractivity contribution in [1.29, 1.82) is 0 Å². The Hall–Kier alpha value is -2.64. The number of imidazole rings is 1. The highest BCUT2D eigenvalue weighted by atomic mass is 35.5. The van der Waals surface area contributed by atoms with Gasteiger partial charge in [0.2, 0.25) is 11.8 Å². The molecule has 26 heavy (non-hydrogen) atoms. The normalized spacial score (nSPS) is 11.4. The fourth-order valence-electron chi connectivity index (χ4n) is 2.19. The third kappa shape index (κ3) is 4.12. The second-order valence-corrected chi connectivity index (χ2v) is 7.12. The van der Waals surface area contributed by atoms with Gasteiger partial charge in [-0.15, -0.1) is 11.3 Å². The van der Waals surface area contributed by atoms with E-state index in [9.17, 15) is 9.59 Å². The molecule has 0 atom stereocenters. The molecule has 2 N–H and O–H groups in total. The van der Waals surface area contributed by atoms with Crippen LogP contribution in [0.5, 0.6) is 0 Å². The van der Waals surface area contributed by atoms with Crippen molar-refractivity contribution in [3.05, 3.63) is 52.8 Å². The molecule has 0 radical (unpaired) electrons. The molecule has 3 aromatic rings. The number of fused-ring (bicyclic) bond motifs is 1. The number of hydrogen-bond donors (Lipinski definition) is 2. The lowest BCUT2D eigenvalue weighted by molar-refractivity contribution is -0.119. The lowest BCUT2D eigenvalue weighted by Gasteiger charge is -2.08. The van der Waals surface area contributed by atoms with Gasteiger partial charge < -0.3 is 10.6 Å². The average Bonchev–Trinajstić information content (AvgIpc) is 3.15. The number of thiazole rings is 1. The van der Waals surface area contributed by atoms with Gasteiger partial charge in [0.05, 0.1) is 5.69 Å². The van der Waals surface area contributed by atoms with Gasteiger partial charge in [0.25, 0.3) is 0 Å². The first-order chi connectivity index (χ1) is 12.4. The fourth-order valence-corrected chi connectivity index (χ4v) is 3.19. The van der Waals surface area contributed by atoms with Gasteiger partial charge in [-0.05, 0) is 30.3 Å². The summed E-state index contributed by atoms with van der Waals surface area (Å²) in [7, 11) is 0.